The van der Waals surface area contributed by atoms with Crippen LogP contribution >= 0.6 is 11.3 Å². The zero-order valence-electron chi connectivity index (χ0n) is 16.1. The fourth-order valence-electron chi connectivity index (χ4n) is 2.93. The van der Waals surface area contributed by atoms with E-state index >= 15 is 0 Å². The Balaban J connectivity index is 1.57. The fourth-order valence-corrected chi connectivity index (χ4v) is 3.86. The van der Waals surface area contributed by atoms with E-state index in [2.05, 4.69) is 11.1 Å². The summed E-state index contributed by atoms with van der Waals surface area (Å²) in [6.45, 7) is 0.293. The minimum Gasteiger partial charge on any atom is -0.493 e. The number of hydrogen-bond acceptors (Lipinski definition) is 5. The first-order chi connectivity index (χ1) is 14.7. The van der Waals surface area contributed by atoms with Crippen LogP contribution in [0, 0.1) is 17.1 Å². The van der Waals surface area contributed by atoms with Gasteiger partial charge in [-0.05, 0) is 53.6 Å². The van der Waals surface area contributed by atoms with Crippen molar-refractivity contribution in [1.82, 2.24) is 4.98 Å². The maximum absolute atomic E-state index is 13.0. The molecule has 0 fully saturated rings. The Morgan fingerprint density at radius 2 is 1.90 bits per heavy atom. The highest BCUT2D eigenvalue weighted by molar-refractivity contribution is 7.19. The molecule has 4 rings (SSSR count). The van der Waals surface area contributed by atoms with E-state index in [0.717, 1.165) is 21.3 Å². The summed E-state index contributed by atoms with van der Waals surface area (Å²) in [5.74, 6) is 0.832. The second-order valence-electron chi connectivity index (χ2n) is 6.48. The summed E-state index contributed by atoms with van der Waals surface area (Å²) in [5, 5.41) is 10.3. The van der Waals surface area contributed by atoms with Crippen LogP contribution in [0.25, 0.3) is 21.9 Å². The lowest BCUT2D eigenvalue weighted by molar-refractivity contribution is 0.284. The summed E-state index contributed by atoms with van der Waals surface area (Å²) in [6, 6.07) is 21.6. The standard InChI is InChI=1S/C24H17FN2O2S/c1-28-22-13-17(8-11-21(22)29-15-16-6-9-19(25)10-7-16)12-18(14-26)24-27-20-4-2-3-5-23(20)30-24/h2-13H,15H2,1H3/b18-12+. The van der Waals surface area contributed by atoms with E-state index in [1.807, 2.05) is 36.4 Å². The minimum atomic E-state index is -0.283. The Hall–Kier alpha value is -3.69. The van der Waals surface area contributed by atoms with Gasteiger partial charge in [-0.15, -0.1) is 11.3 Å². The van der Waals surface area contributed by atoms with Gasteiger partial charge in [0.25, 0.3) is 0 Å². The average Bonchev–Trinajstić information content (AvgIpc) is 3.21. The number of hydrogen-bond donors (Lipinski definition) is 0. The van der Waals surface area contributed by atoms with Crippen LogP contribution in [0.2, 0.25) is 0 Å². The van der Waals surface area contributed by atoms with E-state index in [-0.39, 0.29) is 5.82 Å². The molecular formula is C24H17FN2O2S. The van der Waals surface area contributed by atoms with Gasteiger partial charge in [0, 0.05) is 0 Å². The van der Waals surface area contributed by atoms with Crippen LogP contribution in [0.4, 0.5) is 4.39 Å². The van der Waals surface area contributed by atoms with Crippen molar-refractivity contribution in [1.29, 1.82) is 5.26 Å². The quantitative estimate of drug-likeness (QED) is 0.357. The van der Waals surface area contributed by atoms with Crippen molar-refractivity contribution >= 4 is 33.2 Å². The molecule has 148 valence electrons. The van der Waals surface area contributed by atoms with Crippen LogP contribution in [0.5, 0.6) is 11.5 Å². The van der Waals surface area contributed by atoms with E-state index in [1.54, 1.807) is 31.4 Å². The Morgan fingerprint density at radius 1 is 1.10 bits per heavy atom. The monoisotopic (exact) mass is 416 g/mol. The van der Waals surface area contributed by atoms with Crippen LogP contribution in [0.1, 0.15) is 16.1 Å². The Labute approximate surface area is 177 Å². The Morgan fingerprint density at radius 3 is 2.63 bits per heavy atom. The van der Waals surface area contributed by atoms with Crippen LogP contribution in [-0.2, 0) is 6.61 Å². The number of halogens is 1. The van der Waals surface area contributed by atoms with Crippen molar-refractivity contribution in [2.24, 2.45) is 0 Å². The fraction of sp³-hybridized carbons (Fsp3) is 0.0833. The summed E-state index contributed by atoms with van der Waals surface area (Å²) in [4.78, 5) is 4.55. The summed E-state index contributed by atoms with van der Waals surface area (Å²) < 4.78 is 25.3. The highest BCUT2D eigenvalue weighted by Crippen LogP contribution is 2.32. The third-order valence-electron chi connectivity index (χ3n) is 4.45. The van der Waals surface area contributed by atoms with Gasteiger partial charge in [0.05, 0.1) is 22.9 Å². The van der Waals surface area contributed by atoms with E-state index in [0.29, 0.717) is 28.7 Å². The highest BCUT2D eigenvalue weighted by atomic mass is 32.1. The molecule has 0 atom stereocenters. The number of nitrogens with zero attached hydrogens (tertiary/aromatic N) is 2. The minimum absolute atomic E-state index is 0.283. The smallest absolute Gasteiger partial charge is 0.161 e. The van der Waals surface area contributed by atoms with Gasteiger partial charge in [0.1, 0.15) is 23.5 Å². The molecular weight excluding hydrogens is 399 g/mol. The molecule has 0 spiro atoms. The van der Waals surface area contributed by atoms with Gasteiger partial charge in [-0.2, -0.15) is 5.26 Å². The topological polar surface area (TPSA) is 55.1 Å². The summed E-state index contributed by atoms with van der Waals surface area (Å²) in [5.41, 5.74) is 3.01. The number of methoxy groups -OCH3 is 1. The molecule has 0 unspecified atom stereocenters. The third kappa shape index (κ3) is 4.32. The van der Waals surface area contributed by atoms with Crippen molar-refractivity contribution in [3.63, 3.8) is 0 Å². The second kappa shape index (κ2) is 8.76. The van der Waals surface area contributed by atoms with Gasteiger partial charge >= 0.3 is 0 Å². The molecule has 3 aromatic carbocycles. The van der Waals surface area contributed by atoms with E-state index in [4.69, 9.17) is 9.47 Å². The maximum Gasteiger partial charge on any atom is 0.161 e. The van der Waals surface area contributed by atoms with Gasteiger partial charge in [0.2, 0.25) is 0 Å². The largest absolute Gasteiger partial charge is 0.493 e. The van der Waals surface area contributed by atoms with Crippen molar-refractivity contribution in [3.8, 4) is 17.6 Å². The molecule has 0 aliphatic rings. The number of allylic oxidation sites excluding steroid dienone is 1. The van der Waals surface area contributed by atoms with Crippen LogP contribution in [-0.4, -0.2) is 12.1 Å². The molecule has 0 N–H and O–H groups in total. The van der Waals surface area contributed by atoms with Crippen LogP contribution in [0.3, 0.4) is 0 Å². The van der Waals surface area contributed by atoms with Gasteiger partial charge in [-0.3, -0.25) is 0 Å². The molecule has 0 saturated heterocycles. The first kappa shape index (κ1) is 19.6. The molecule has 1 aromatic heterocycles. The van der Waals surface area contributed by atoms with Crippen LogP contribution in [0.15, 0.2) is 66.7 Å². The molecule has 0 amide bonds. The maximum atomic E-state index is 13.0. The van der Waals surface area contributed by atoms with Crippen LogP contribution < -0.4 is 9.47 Å². The molecule has 6 heteroatoms. The molecule has 4 nitrogen and oxygen atoms in total. The normalized spacial score (nSPS) is 11.3. The van der Waals surface area contributed by atoms with Crippen molar-refractivity contribution in [2.45, 2.75) is 6.61 Å². The molecule has 0 radical (unpaired) electrons. The SMILES string of the molecule is COc1cc(/C=C(\C#N)c2nc3ccccc3s2)ccc1OCc1ccc(F)cc1. The summed E-state index contributed by atoms with van der Waals surface area (Å²) >= 11 is 1.48. The number of rotatable bonds is 6. The first-order valence-corrected chi connectivity index (χ1v) is 10.0. The lowest BCUT2D eigenvalue weighted by Gasteiger charge is -2.11. The summed E-state index contributed by atoms with van der Waals surface area (Å²) in [7, 11) is 1.56. The number of para-hydroxylation sites is 1. The molecule has 1 heterocycles. The average molecular weight is 416 g/mol. The predicted octanol–water partition coefficient (Wildman–Crippen LogP) is 6.09. The second-order valence-corrected chi connectivity index (χ2v) is 7.51. The highest BCUT2D eigenvalue weighted by Gasteiger charge is 2.10. The molecule has 0 aliphatic carbocycles. The number of fused-ring (bicyclic) bond motifs is 1. The lowest BCUT2D eigenvalue weighted by Crippen LogP contribution is -1.98. The van der Waals surface area contributed by atoms with Gasteiger partial charge < -0.3 is 9.47 Å². The Bertz CT molecular complexity index is 1220. The molecule has 4 aromatic rings. The number of thiazole rings is 1. The van der Waals surface area contributed by atoms with Gasteiger partial charge in [0.15, 0.2) is 11.5 Å². The summed E-state index contributed by atoms with van der Waals surface area (Å²) in [6.07, 6.45) is 1.78. The zero-order chi connectivity index (χ0) is 20.9. The number of benzene rings is 3. The first-order valence-electron chi connectivity index (χ1n) is 9.19. The van der Waals surface area contributed by atoms with E-state index < -0.39 is 0 Å². The van der Waals surface area contributed by atoms with Crippen molar-refractivity contribution in [2.75, 3.05) is 7.11 Å². The number of ether oxygens (including phenoxy) is 2. The molecule has 0 saturated carbocycles. The number of nitriles is 1. The predicted molar refractivity (Wildman–Crippen MR) is 117 cm³/mol. The molecule has 30 heavy (non-hydrogen) atoms. The Kier molecular flexibility index (Phi) is 5.73. The third-order valence-corrected chi connectivity index (χ3v) is 5.52. The van der Waals surface area contributed by atoms with Crippen molar-refractivity contribution < 1.29 is 13.9 Å². The van der Waals surface area contributed by atoms with E-state index in [9.17, 15) is 9.65 Å². The van der Waals surface area contributed by atoms with Crippen molar-refractivity contribution in [3.05, 3.63) is 88.7 Å². The lowest BCUT2D eigenvalue weighted by atomic mass is 10.1. The molecule has 0 bridgehead atoms. The molecule has 0 aliphatic heterocycles. The van der Waals surface area contributed by atoms with E-state index in [1.165, 1.54) is 23.5 Å². The zero-order valence-corrected chi connectivity index (χ0v) is 16.9. The van der Waals surface area contributed by atoms with Gasteiger partial charge in [-0.1, -0.05) is 30.3 Å². The number of aromatic nitrogens is 1. The van der Waals surface area contributed by atoms with Gasteiger partial charge in [-0.25, -0.2) is 9.37 Å².